The van der Waals surface area contributed by atoms with Crippen molar-refractivity contribution in [3.63, 3.8) is 0 Å². The second-order valence-electron chi connectivity index (χ2n) is 3.49. The van der Waals surface area contributed by atoms with Crippen molar-refractivity contribution in [2.24, 2.45) is 0 Å². The Kier molecular flexibility index (Phi) is 2.04. The number of fused-ring (bicyclic) bond motifs is 2. The minimum Gasteiger partial charge on any atom is -0.437 e. The summed E-state index contributed by atoms with van der Waals surface area (Å²) in [5.41, 5.74) is 0.0960. The number of nitrogens with one attached hydrogen (secondary N) is 2. The first-order valence-electron chi connectivity index (χ1n) is 4.83. The number of sulfonamides is 1. The molecule has 8 heteroatoms. The zero-order chi connectivity index (χ0) is 12.0. The van der Waals surface area contributed by atoms with E-state index in [1.807, 2.05) is 0 Å². The van der Waals surface area contributed by atoms with E-state index in [1.54, 1.807) is 18.5 Å². The Morgan fingerprint density at radius 1 is 1.35 bits per heavy atom. The van der Waals surface area contributed by atoms with Crippen molar-refractivity contribution in [2.45, 2.75) is 5.62 Å². The van der Waals surface area contributed by atoms with Gasteiger partial charge in [0.1, 0.15) is 0 Å². The van der Waals surface area contributed by atoms with E-state index in [1.165, 1.54) is 7.05 Å². The highest BCUT2D eigenvalue weighted by molar-refractivity contribution is 7.89. The molecule has 1 aromatic heterocycles. The number of hydrogen-bond donors (Lipinski definition) is 2. The number of imidazole rings is 1. The van der Waals surface area contributed by atoms with E-state index in [-0.39, 0.29) is 0 Å². The van der Waals surface area contributed by atoms with Crippen LogP contribution in [0.15, 0.2) is 18.5 Å². The van der Waals surface area contributed by atoms with E-state index in [9.17, 15) is 8.42 Å². The van der Waals surface area contributed by atoms with Crippen LogP contribution >= 0.6 is 0 Å². The highest BCUT2D eigenvalue weighted by Gasteiger charge is 2.35. The summed E-state index contributed by atoms with van der Waals surface area (Å²) in [5, 5.41) is 0. The molecule has 2 N–H and O–H groups in total. The molecule has 0 bridgehead atoms. The summed E-state index contributed by atoms with van der Waals surface area (Å²) in [5.74, 6) is 0.749. The van der Waals surface area contributed by atoms with Crippen LogP contribution < -0.4 is 14.2 Å². The molecule has 0 spiro atoms. The van der Waals surface area contributed by atoms with Gasteiger partial charge in [-0.25, -0.2) is 18.1 Å². The lowest BCUT2D eigenvalue weighted by atomic mass is 10.3. The molecule has 1 aliphatic rings. The van der Waals surface area contributed by atoms with E-state index in [0.717, 1.165) is 5.52 Å². The molecule has 1 aromatic carbocycles. The molecule has 1 unspecified atom stereocenters. The van der Waals surface area contributed by atoms with Crippen LogP contribution in [-0.2, 0) is 10.0 Å². The Labute approximate surface area is 96.8 Å². The average molecular weight is 255 g/mol. The molecule has 0 fully saturated rings. The molecule has 0 saturated carbocycles. The van der Waals surface area contributed by atoms with Crippen molar-refractivity contribution in [1.29, 1.82) is 0 Å². The van der Waals surface area contributed by atoms with Crippen LogP contribution in [0.4, 0.5) is 0 Å². The lowest BCUT2D eigenvalue weighted by molar-refractivity contribution is 0.123. The summed E-state index contributed by atoms with van der Waals surface area (Å²) in [6.07, 6.45) is 1.54. The Balaban J connectivity index is 2.03. The molecule has 1 atom stereocenters. The van der Waals surface area contributed by atoms with E-state index >= 15 is 0 Å². The Morgan fingerprint density at radius 2 is 2.06 bits per heavy atom. The number of rotatable bonds is 2. The molecule has 7 nitrogen and oxygen atoms in total. The van der Waals surface area contributed by atoms with Crippen LogP contribution in [0.3, 0.4) is 0 Å². The number of aromatic amines is 1. The predicted molar refractivity (Wildman–Crippen MR) is 59.1 cm³/mol. The van der Waals surface area contributed by atoms with Crippen molar-refractivity contribution in [3.8, 4) is 11.5 Å². The molecule has 2 aromatic rings. The number of hydrogen-bond acceptors (Lipinski definition) is 5. The van der Waals surface area contributed by atoms with Gasteiger partial charge in [-0.2, -0.15) is 0 Å². The maximum atomic E-state index is 11.5. The van der Waals surface area contributed by atoms with Crippen LogP contribution in [0.25, 0.3) is 11.0 Å². The molecule has 17 heavy (non-hydrogen) atoms. The number of benzene rings is 1. The van der Waals surface area contributed by atoms with Crippen molar-refractivity contribution >= 4 is 21.1 Å². The lowest BCUT2D eigenvalue weighted by Gasteiger charge is -2.09. The third kappa shape index (κ3) is 1.53. The van der Waals surface area contributed by atoms with Gasteiger partial charge in [0, 0.05) is 12.1 Å². The van der Waals surface area contributed by atoms with Gasteiger partial charge in [-0.05, 0) is 7.05 Å². The first-order chi connectivity index (χ1) is 8.10. The zero-order valence-electron chi connectivity index (χ0n) is 8.80. The maximum absolute atomic E-state index is 11.5. The number of ether oxygens (including phenoxy) is 2. The largest absolute Gasteiger partial charge is 0.437 e. The molecule has 0 aliphatic carbocycles. The first-order valence-corrected chi connectivity index (χ1v) is 6.37. The van der Waals surface area contributed by atoms with E-state index in [4.69, 9.17) is 9.47 Å². The van der Waals surface area contributed by atoms with Crippen LogP contribution in [0.2, 0.25) is 0 Å². The summed E-state index contributed by atoms with van der Waals surface area (Å²) in [4.78, 5) is 6.95. The second-order valence-corrected chi connectivity index (χ2v) is 5.38. The molecular weight excluding hydrogens is 246 g/mol. The zero-order valence-corrected chi connectivity index (χ0v) is 9.61. The SMILES string of the molecule is CNS(=O)(=O)C1Oc2cc3nc[nH]c3cc2O1. The Bertz CT molecular complexity index is 639. The molecule has 1 aliphatic heterocycles. The van der Waals surface area contributed by atoms with Gasteiger partial charge in [0.15, 0.2) is 11.5 Å². The third-order valence-corrected chi connectivity index (χ3v) is 3.74. The van der Waals surface area contributed by atoms with E-state index < -0.39 is 15.6 Å². The quantitative estimate of drug-likeness (QED) is 0.797. The molecule has 0 amide bonds. The topological polar surface area (TPSA) is 93.3 Å². The van der Waals surface area contributed by atoms with Gasteiger partial charge in [-0.1, -0.05) is 0 Å². The lowest BCUT2D eigenvalue weighted by Crippen LogP contribution is -2.37. The van der Waals surface area contributed by atoms with Crippen molar-refractivity contribution in [1.82, 2.24) is 14.7 Å². The highest BCUT2D eigenvalue weighted by atomic mass is 32.2. The average Bonchev–Trinajstić information content (AvgIpc) is 2.90. The van der Waals surface area contributed by atoms with Gasteiger partial charge in [-0.15, -0.1) is 0 Å². The van der Waals surface area contributed by atoms with Gasteiger partial charge in [0.05, 0.1) is 17.4 Å². The Hall–Kier alpha value is -1.80. The minimum absolute atomic E-state index is 0.369. The van der Waals surface area contributed by atoms with Crippen molar-refractivity contribution in [3.05, 3.63) is 18.5 Å². The number of nitrogens with zero attached hydrogens (tertiary/aromatic N) is 1. The molecule has 2 heterocycles. The number of H-pyrrole nitrogens is 1. The molecule has 90 valence electrons. The fourth-order valence-electron chi connectivity index (χ4n) is 1.58. The highest BCUT2D eigenvalue weighted by Crippen LogP contribution is 2.38. The third-order valence-electron chi connectivity index (χ3n) is 2.47. The summed E-state index contributed by atoms with van der Waals surface area (Å²) < 4.78 is 35.6. The van der Waals surface area contributed by atoms with Crippen LogP contribution in [-0.4, -0.2) is 31.1 Å². The maximum Gasteiger partial charge on any atom is 0.360 e. The molecule has 3 rings (SSSR count). The fourth-order valence-corrected chi connectivity index (χ4v) is 2.23. The van der Waals surface area contributed by atoms with Gasteiger partial charge in [0.2, 0.25) is 0 Å². The Morgan fingerprint density at radius 3 is 2.76 bits per heavy atom. The predicted octanol–water partition coefficient (Wildman–Crippen LogP) is 0.167. The van der Waals surface area contributed by atoms with Gasteiger partial charge in [-0.3, -0.25) is 0 Å². The second kappa shape index (κ2) is 3.34. The van der Waals surface area contributed by atoms with Crippen LogP contribution in [0.1, 0.15) is 0 Å². The standard InChI is InChI=1S/C9H9N3O4S/c1-10-17(13,14)9-15-7-2-5-6(12-4-11-5)3-8(7)16-9/h2-4,9-10H,1H3,(H,11,12). The normalized spacial score (nSPS) is 15.6. The molecule has 0 radical (unpaired) electrons. The molecular formula is C9H9N3O4S. The first kappa shape index (κ1) is 10.4. The van der Waals surface area contributed by atoms with E-state index in [2.05, 4.69) is 14.7 Å². The fraction of sp³-hybridized carbons (Fsp3) is 0.222. The van der Waals surface area contributed by atoms with Crippen molar-refractivity contribution < 1.29 is 17.9 Å². The van der Waals surface area contributed by atoms with E-state index in [0.29, 0.717) is 17.0 Å². The van der Waals surface area contributed by atoms with Gasteiger partial charge < -0.3 is 14.5 Å². The van der Waals surface area contributed by atoms with Crippen molar-refractivity contribution in [2.75, 3.05) is 7.05 Å². The van der Waals surface area contributed by atoms with Crippen LogP contribution in [0, 0.1) is 0 Å². The van der Waals surface area contributed by atoms with Gasteiger partial charge in [0.25, 0.3) is 10.0 Å². The summed E-state index contributed by atoms with van der Waals surface area (Å²) in [6, 6.07) is 3.29. The van der Waals surface area contributed by atoms with Crippen LogP contribution in [0.5, 0.6) is 11.5 Å². The minimum atomic E-state index is -3.63. The summed E-state index contributed by atoms with van der Waals surface area (Å²) in [7, 11) is -2.33. The summed E-state index contributed by atoms with van der Waals surface area (Å²) in [6.45, 7) is 0. The smallest absolute Gasteiger partial charge is 0.360 e. The van der Waals surface area contributed by atoms with Gasteiger partial charge >= 0.3 is 5.62 Å². The monoisotopic (exact) mass is 255 g/mol. The summed E-state index contributed by atoms with van der Waals surface area (Å²) >= 11 is 0. The number of aromatic nitrogens is 2. The molecule has 0 saturated heterocycles.